The number of hydrogen-bond donors (Lipinski definition) is 2. The lowest BCUT2D eigenvalue weighted by Crippen LogP contribution is -2.47. The summed E-state index contributed by atoms with van der Waals surface area (Å²) in [4.78, 5) is 16.6. The zero-order valence-corrected chi connectivity index (χ0v) is 12.5. The summed E-state index contributed by atoms with van der Waals surface area (Å²) >= 11 is 4.85. The number of nitrogens with zero attached hydrogens (tertiary/aromatic N) is 1. The van der Waals surface area contributed by atoms with Crippen LogP contribution in [0.3, 0.4) is 0 Å². The highest BCUT2D eigenvalue weighted by atomic mass is 32.1. The third kappa shape index (κ3) is 3.73. The molecule has 1 heterocycles. The highest BCUT2D eigenvalue weighted by Gasteiger charge is 2.26. The van der Waals surface area contributed by atoms with Crippen molar-refractivity contribution in [2.75, 3.05) is 0 Å². The van der Waals surface area contributed by atoms with Crippen LogP contribution in [0.4, 0.5) is 0 Å². The molecule has 4 nitrogen and oxygen atoms in total. The van der Waals surface area contributed by atoms with Gasteiger partial charge in [0.1, 0.15) is 10.7 Å². The second-order valence-electron chi connectivity index (χ2n) is 4.59. The van der Waals surface area contributed by atoms with E-state index in [0.717, 1.165) is 19.3 Å². The number of amides is 1. The second-order valence-corrected chi connectivity index (χ2v) is 5.03. The van der Waals surface area contributed by atoms with Crippen molar-refractivity contribution in [3.63, 3.8) is 0 Å². The van der Waals surface area contributed by atoms with Gasteiger partial charge in [0.25, 0.3) is 5.91 Å². The maximum atomic E-state index is 12.2. The topological polar surface area (TPSA) is 68.0 Å². The Morgan fingerprint density at radius 3 is 2.26 bits per heavy atom. The molecule has 1 rings (SSSR count). The molecule has 0 aromatic carbocycles. The number of aromatic nitrogens is 1. The van der Waals surface area contributed by atoms with E-state index in [-0.39, 0.29) is 16.4 Å². The van der Waals surface area contributed by atoms with Gasteiger partial charge in [-0.3, -0.25) is 9.78 Å². The minimum absolute atomic E-state index is 0.152. The monoisotopic (exact) mass is 279 g/mol. The summed E-state index contributed by atoms with van der Waals surface area (Å²) in [7, 11) is 0. The molecule has 0 radical (unpaired) electrons. The van der Waals surface area contributed by atoms with Crippen molar-refractivity contribution < 1.29 is 4.79 Å². The first-order chi connectivity index (χ1) is 8.98. The summed E-state index contributed by atoms with van der Waals surface area (Å²) < 4.78 is 0. The number of thiocarbonyl (C=S) groups is 1. The average molecular weight is 279 g/mol. The Hall–Kier alpha value is -1.49. The first-order valence-electron chi connectivity index (χ1n) is 6.56. The van der Waals surface area contributed by atoms with Gasteiger partial charge in [-0.2, -0.15) is 0 Å². The SMILES string of the molecule is CCC(CC)(CC)NC(=O)c1ccc(C(N)=S)cn1. The molecule has 0 unspecified atom stereocenters. The predicted octanol–water partition coefficient (Wildman–Crippen LogP) is 2.41. The zero-order valence-electron chi connectivity index (χ0n) is 11.7. The molecular formula is C14H21N3OS. The summed E-state index contributed by atoms with van der Waals surface area (Å²) in [6.07, 6.45) is 4.23. The van der Waals surface area contributed by atoms with Crippen LogP contribution in [0, 0.1) is 0 Å². The molecule has 19 heavy (non-hydrogen) atoms. The van der Waals surface area contributed by atoms with Crippen molar-refractivity contribution in [3.05, 3.63) is 29.6 Å². The number of rotatable bonds is 6. The number of pyridine rings is 1. The van der Waals surface area contributed by atoms with Crippen molar-refractivity contribution in [3.8, 4) is 0 Å². The molecule has 1 aromatic rings. The van der Waals surface area contributed by atoms with Gasteiger partial charge >= 0.3 is 0 Å². The van der Waals surface area contributed by atoms with Gasteiger partial charge < -0.3 is 11.1 Å². The summed E-state index contributed by atoms with van der Waals surface area (Å²) in [5.41, 5.74) is 6.40. The molecule has 3 N–H and O–H groups in total. The Bertz CT molecular complexity index is 444. The normalized spacial score (nSPS) is 11.1. The lowest BCUT2D eigenvalue weighted by molar-refractivity contribution is 0.0883. The zero-order chi connectivity index (χ0) is 14.5. The van der Waals surface area contributed by atoms with Crippen LogP contribution < -0.4 is 11.1 Å². The molecule has 5 heteroatoms. The predicted molar refractivity (Wildman–Crippen MR) is 81.2 cm³/mol. The maximum Gasteiger partial charge on any atom is 0.270 e. The second kappa shape index (κ2) is 6.61. The van der Waals surface area contributed by atoms with Crippen LogP contribution in [0.25, 0.3) is 0 Å². The largest absolute Gasteiger partial charge is 0.389 e. The number of nitrogens with one attached hydrogen (secondary N) is 1. The first-order valence-corrected chi connectivity index (χ1v) is 6.97. The van der Waals surface area contributed by atoms with Gasteiger partial charge in [0, 0.05) is 17.3 Å². The Kier molecular flexibility index (Phi) is 5.42. The van der Waals surface area contributed by atoms with Crippen LogP contribution in [0.2, 0.25) is 0 Å². The van der Waals surface area contributed by atoms with E-state index in [1.807, 2.05) is 0 Å². The molecule has 1 aromatic heterocycles. The van der Waals surface area contributed by atoms with E-state index in [2.05, 4.69) is 31.1 Å². The molecule has 0 aliphatic rings. The van der Waals surface area contributed by atoms with E-state index in [0.29, 0.717) is 11.3 Å². The van der Waals surface area contributed by atoms with Crippen molar-refractivity contribution in [1.29, 1.82) is 0 Å². The number of hydrogen-bond acceptors (Lipinski definition) is 3. The molecule has 0 saturated carbocycles. The molecule has 0 atom stereocenters. The van der Waals surface area contributed by atoms with E-state index in [4.69, 9.17) is 18.0 Å². The quantitative estimate of drug-likeness (QED) is 0.785. The van der Waals surface area contributed by atoms with Gasteiger partial charge in [-0.1, -0.05) is 33.0 Å². The van der Waals surface area contributed by atoms with E-state index in [1.54, 1.807) is 12.1 Å². The van der Waals surface area contributed by atoms with Crippen molar-refractivity contribution in [2.24, 2.45) is 5.73 Å². The smallest absolute Gasteiger partial charge is 0.270 e. The maximum absolute atomic E-state index is 12.2. The highest BCUT2D eigenvalue weighted by Crippen LogP contribution is 2.19. The average Bonchev–Trinajstić information content (AvgIpc) is 2.45. The van der Waals surface area contributed by atoms with Gasteiger partial charge in [0.15, 0.2) is 0 Å². The van der Waals surface area contributed by atoms with Crippen LogP contribution in [0.5, 0.6) is 0 Å². The minimum atomic E-state index is -0.153. The van der Waals surface area contributed by atoms with Gasteiger partial charge in [0.2, 0.25) is 0 Å². The molecule has 1 amide bonds. The lowest BCUT2D eigenvalue weighted by Gasteiger charge is -2.31. The van der Waals surface area contributed by atoms with E-state index in [9.17, 15) is 4.79 Å². The number of carbonyl (C=O) groups is 1. The van der Waals surface area contributed by atoms with Crippen molar-refractivity contribution >= 4 is 23.1 Å². The fraction of sp³-hybridized carbons (Fsp3) is 0.500. The standard InChI is InChI=1S/C14H21N3OS/c1-4-14(5-2,6-3)17-13(18)11-8-7-10(9-16-11)12(15)19/h7-9H,4-6H2,1-3H3,(H2,15,19)(H,17,18). The Morgan fingerprint density at radius 2 is 1.89 bits per heavy atom. The molecule has 0 fully saturated rings. The van der Waals surface area contributed by atoms with Gasteiger partial charge in [-0.25, -0.2) is 0 Å². The lowest BCUT2D eigenvalue weighted by atomic mass is 9.89. The summed E-state index contributed by atoms with van der Waals surface area (Å²) in [5.74, 6) is -0.153. The molecule has 0 saturated heterocycles. The van der Waals surface area contributed by atoms with Gasteiger partial charge in [0.05, 0.1) is 0 Å². The number of nitrogens with two attached hydrogens (primary N) is 1. The van der Waals surface area contributed by atoms with E-state index >= 15 is 0 Å². The summed E-state index contributed by atoms with van der Waals surface area (Å²) in [5, 5.41) is 3.08. The van der Waals surface area contributed by atoms with Crippen LogP contribution in [0.1, 0.15) is 56.1 Å². The molecule has 0 aliphatic heterocycles. The highest BCUT2D eigenvalue weighted by molar-refractivity contribution is 7.80. The third-order valence-corrected chi connectivity index (χ3v) is 3.93. The fourth-order valence-electron chi connectivity index (χ4n) is 1.99. The van der Waals surface area contributed by atoms with Crippen LogP contribution >= 0.6 is 12.2 Å². The Labute approximate surface area is 119 Å². The molecular weight excluding hydrogens is 258 g/mol. The van der Waals surface area contributed by atoms with Crippen LogP contribution in [-0.4, -0.2) is 21.4 Å². The first kappa shape index (κ1) is 15.6. The third-order valence-electron chi connectivity index (χ3n) is 3.69. The fourth-order valence-corrected chi connectivity index (χ4v) is 2.11. The Balaban J connectivity index is 2.86. The van der Waals surface area contributed by atoms with Crippen molar-refractivity contribution in [1.82, 2.24) is 10.3 Å². The molecule has 0 aliphatic carbocycles. The van der Waals surface area contributed by atoms with Gasteiger partial charge in [-0.05, 0) is 31.4 Å². The van der Waals surface area contributed by atoms with Crippen LogP contribution in [-0.2, 0) is 0 Å². The summed E-state index contributed by atoms with van der Waals surface area (Å²) in [6.45, 7) is 6.24. The summed E-state index contributed by atoms with van der Waals surface area (Å²) in [6, 6.07) is 3.37. The van der Waals surface area contributed by atoms with E-state index < -0.39 is 0 Å². The molecule has 0 spiro atoms. The number of carbonyl (C=O) groups excluding carboxylic acids is 1. The van der Waals surface area contributed by atoms with E-state index in [1.165, 1.54) is 6.20 Å². The van der Waals surface area contributed by atoms with Crippen molar-refractivity contribution in [2.45, 2.75) is 45.6 Å². The van der Waals surface area contributed by atoms with Crippen LogP contribution in [0.15, 0.2) is 18.3 Å². The van der Waals surface area contributed by atoms with Gasteiger partial charge in [-0.15, -0.1) is 0 Å². The molecule has 0 bridgehead atoms. The Morgan fingerprint density at radius 1 is 1.32 bits per heavy atom. The minimum Gasteiger partial charge on any atom is -0.389 e. The molecule has 104 valence electrons.